The molecule has 0 saturated heterocycles. The molecule has 0 bridgehead atoms. The van der Waals surface area contributed by atoms with E-state index >= 15 is 0 Å². The fourth-order valence-corrected chi connectivity index (χ4v) is 16.6. The predicted molar refractivity (Wildman–Crippen MR) is 340 cm³/mol. The van der Waals surface area contributed by atoms with Crippen LogP contribution in [0.5, 0.6) is 0 Å². The summed E-state index contributed by atoms with van der Waals surface area (Å²) in [6.45, 7) is 0. The molecule has 2 nitrogen and oxygen atoms in total. The Morgan fingerprint density at radius 1 is 0.346 bits per heavy atom. The van der Waals surface area contributed by atoms with Gasteiger partial charge in [-0.15, -0.1) is 10.0 Å². The van der Waals surface area contributed by atoms with Crippen LogP contribution in [0.4, 0.5) is 0 Å². The molecule has 2 heterocycles. The maximum absolute atomic E-state index is 3.68. The van der Waals surface area contributed by atoms with Crippen molar-refractivity contribution in [3.05, 3.63) is 321 Å². The zero-order chi connectivity index (χ0) is 53.7. The number of para-hydroxylation sites is 2. The van der Waals surface area contributed by atoms with Crippen molar-refractivity contribution in [2.75, 3.05) is 0 Å². The molecular weight excluding hydrogens is 997 g/mol. The molecule has 1 aliphatic rings. The van der Waals surface area contributed by atoms with Crippen molar-refractivity contribution >= 4 is 48.8 Å². The van der Waals surface area contributed by atoms with Crippen LogP contribution in [-0.2, 0) is 6.42 Å². The van der Waals surface area contributed by atoms with Crippen molar-refractivity contribution < 1.29 is 0 Å². The minimum Gasteiger partial charge on any atom is -0.312 e. The number of hydrogen-bond donors (Lipinski definition) is 0. The summed E-state index contributed by atoms with van der Waals surface area (Å²) in [5, 5.41) is 3.73. The highest BCUT2D eigenvalue weighted by Gasteiger charge is 2.36. The first-order valence-electron chi connectivity index (χ1n) is 27.9. The van der Waals surface area contributed by atoms with E-state index in [0.29, 0.717) is 0 Å². The van der Waals surface area contributed by atoms with Crippen molar-refractivity contribution in [2.45, 2.75) is 32.4 Å². The smallest absolute Gasteiger partial charge is 0.0623 e. The molecule has 1 aliphatic carbocycles. The number of allylic oxidation sites excluding steroid dienone is 1. The van der Waals surface area contributed by atoms with Crippen LogP contribution in [0.25, 0.3) is 106 Å². The Labute approximate surface area is 475 Å². The fourth-order valence-electron chi connectivity index (χ4n) is 12.7. The van der Waals surface area contributed by atoms with Crippen molar-refractivity contribution in [2.24, 2.45) is 0 Å². The van der Waals surface area contributed by atoms with Crippen LogP contribution < -0.4 is 0 Å². The highest BCUT2D eigenvalue weighted by atomic mass is 32.3. The molecule has 382 valence electrons. The molecule has 0 saturated carbocycles. The zero-order valence-corrected chi connectivity index (χ0v) is 45.4. The summed E-state index contributed by atoms with van der Waals surface area (Å²) >= 11 is 0. The summed E-state index contributed by atoms with van der Waals surface area (Å²) in [6.07, 6.45) is 6.58. The summed E-state index contributed by atoms with van der Waals surface area (Å²) in [6, 6.07) is 115. The van der Waals surface area contributed by atoms with Crippen molar-refractivity contribution in [1.82, 2.24) is 9.13 Å². The molecule has 0 atom stereocenters. The van der Waals surface area contributed by atoms with Crippen LogP contribution >= 0.6 is 10.0 Å². The van der Waals surface area contributed by atoms with Crippen LogP contribution in [0.3, 0.4) is 0 Å². The first-order valence-corrected chi connectivity index (χ1v) is 29.6. The van der Waals surface area contributed by atoms with Crippen LogP contribution in [0.2, 0.25) is 0 Å². The van der Waals surface area contributed by atoms with E-state index in [2.05, 4.69) is 319 Å². The Morgan fingerprint density at radius 3 is 1.57 bits per heavy atom. The summed E-state index contributed by atoms with van der Waals surface area (Å²) in [5.41, 5.74) is 20.0. The number of hydrogen-bond acceptors (Lipinski definition) is 0. The van der Waals surface area contributed by atoms with Gasteiger partial charge in [0.1, 0.15) is 0 Å². The minimum atomic E-state index is -2.31. The third-order valence-corrected chi connectivity index (χ3v) is 20.2. The number of rotatable bonds is 11. The van der Waals surface area contributed by atoms with E-state index in [1.807, 2.05) is 6.07 Å². The van der Waals surface area contributed by atoms with Gasteiger partial charge in [0.05, 0.1) is 22.2 Å². The van der Waals surface area contributed by atoms with E-state index in [1.54, 1.807) is 0 Å². The molecule has 0 amide bonds. The molecule has 12 aromatic carbocycles. The average molecular weight is 1050 g/mol. The largest absolute Gasteiger partial charge is 0.312 e. The van der Waals surface area contributed by atoms with E-state index in [-0.39, 0.29) is 0 Å². The van der Waals surface area contributed by atoms with Gasteiger partial charge >= 0.3 is 0 Å². The topological polar surface area (TPSA) is 9.86 Å². The first kappa shape index (κ1) is 48.1. The summed E-state index contributed by atoms with van der Waals surface area (Å²) in [5.74, 6) is 0. The maximum atomic E-state index is 3.68. The standard InChI is InChI=1S/C78H54N2S/c1-7-25-55(26-8-1)59-33-23-39-65(49-59)81(64-37-17-6-18-38-64,66-40-24-34-60(50-66)56-27-9-2-10-28-56)67-53-71(57-29-11-3-12-30-57)78(72(54-67)58-31-13-4-14-32-58)80-75-44-22-20-42-69(75)73-51-61(46-48-76(73)80)62-45-47-70-68-41-19-21-43-74(68)79(77(70)52-62)63-35-15-5-16-36-63/h1-13,15-21,23-31,33-43,45-54H,22,44H2. The molecule has 0 N–H and O–H groups in total. The van der Waals surface area contributed by atoms with Gasteiger partial charge in [0, 0.05) is 69.4 Å². The molecular formula is C78H54N2S. The molecule has 0 fully saturated rings. The van der Waals surface area contributed by atoms with Gasteiger partial charge in [0.2, 0.25) is 0 Å². The zero-order valence-electron chi connectivity index (χ0n) is 44.6. The molecule has 2 aromatic heterocycles. The number of benzene rings is 11. The fraction of sp³-hybridized carbons (Fsp3) is 0.0256. The van der Waals surface area contributed by atoms with Gasteiger partial charge in [-0.25, -0.2) is 0 Å². The second-order valence-electron chi connectivity index (χ2n) is 20.9. The lowest BCUT2D eigenvalue weighted by atomic mass is 9.95. The SMILES string of the molecule is c1cccc(-c2cc(S(c3ccccc3)(c3cccc(-c4ccccc4)c3)c3cccc(-c4ccccc4)c3)cc(-c3ccccc3)c2-n2c3c(c4cc(-c5ccc6c7ccccc7n(-c7ccccc7)c6c5)ccc42)C=CCC3)c#1. The lowest BCUT2D eigenvalue weighted by Gasteiger charge is -2.43. The van der Waals surface area contributed by atoms with Crippen LogP contribution in [-0.4, -0.2) is 9.13 Å². The molecule has 0 aliphatic heterocycles. The van der Waals surface area contributed by atoms with E-state index < -0.39 is 10.0 Å². The van der Waals surface area contributed by atoms with Gasteiger partial charge in [0.25, 0.3) is 0 Å². The van der Waals surface area contributed by atoms with Crippen molar-refractivity contribution in [3.8, 4) is 67.0 Å². The normalized spacial score (nSPS) is 12.4. The predicted octanol–water partition coefficient (Wildman–Crippen LogP) is 21.0. The molecule has 0 radical (unpaired) electrons. The lowest BCUT2D eigenvalue weighted by Crippen LogP contribution is -2.10. The van der Waals surface area contributed by atoms with Gasteiger partial charge in [0.15, 0.2) is 0 Å². The van der Waals surface area contributed by atoms with Gasteiger partial charge < -0.3 is 9.13 Å². The summed E-state index contributed by atoms with van der Waals surface area (Å²) in [7, 11) is -2.31. The third-order valence-electron chi connectivity index (χ3n) is 16.3. The van der Waals surface area contributed by atoms with Gasteiger partial charge in [-0.3, -0.25) is 0 Å². The second kappa shape index (κ2) is 20.3. The van der Waals surface area contributed by atoms with Crippen molar-refractivity contribution in [3.63, 3.8) is 0 Å². The van der Waals surface area contributed by atoms with Crippen LogP contribution in [0, 0.1) is 12.1 Å². The minimum absolute atomic E-state index is 0.900. The Kier molecular flexibility index (Phi) is 12.0. The monoisotopic (exact) mass is 1050 g/mol. The van der Waals surface area contributed by atoms with Gasteiger partial charge in [-0.1, -0.05) is 218 Å². The Balaban J connectivity index is 1.02. The Morgan fingerprint density at radius 2 is 0.889 bits per heavy atom. The summed E-state index contributed by atoms with van der Waals surface area (Å²) in [4.78, 5) is 5.00. The molecule has 3 heteroatoms. The van der Waals surface area contributed by atoms with Crippen LogP contribution in [0.15, 0.2) is 317 Å². The summed E-state index contributed by atoms with van der Waals surface area (Å²) < 4.78 is 5.03. The van der Waals surface area contributed by atoms with E-state index in [0.717, 1.165) is 46.5 Å². The molecule has 14 aromatic rings. The number of nitrogens with zero attached hydrogens (tertiary/aromatic N) is 2. The van der Waals surface area contributed by atoms with E-state index in [4.69, 9.17) is 0 Å². The van der Waals surface area contributed by atoms with Gasteiger partial charge in [-0.05, 0) is 149 Å². The Hall–Kier alpha value is -10.1. The lowest BCUT2D eigenvalue weighted by molar-refractivity contribution is 0.889. The number of fused-ring (bicyclic) bond motifs is 6. The molecule has 81 heavy (non-hydrogen) atoms. The van der Waals surface area contributed by atoms with Crippen LogP contribution in [0.1, 0.15) is 17.7 Å². The Bertz CT molecular complexity index is 4510. The third kappa shape index (κ3) is 8.23. The quantitative estimate of drug-likeness (QED) is 0.122. The van der Waals surface area contributed by atoms with E-state index in [9.17, 15) is 0 Å². The average Bonchev–Trinajstić information content (AvgIpc) is 3.72. The first-order chi connectivity index (χ1) is 40.2. The van der Waals surface area contributed by atoms with Crippen molar-refractivity contribution in [1.29, 1.82) is 0 Å². The molecule has 15 rings (SSSR count). The number of aromatic nitrogens is 2. The second-order valence-corrected chi connectivity index (χ2v) is 24.1. The highest BCUT2D eigenvalue weighted by molar-refractivity contribution is 8.34. The maximum Gasteiger partial charge on any atom is 0.0623 e. The van der Waals surface area contributed by atoms with E-state index in [1.165, 1.54) is 96.9 Å². The highest BCUT2D eigenvalue weighted by Crippen LogP contribution is 2.74. The van der Waals surface area contributed by atoms with Gasteiger partial charge in [-0.2, -0.15) is 0 Å². The molecule has 0 spiro atoms. The molecule has 0 unspecified atom stereocenters.